The Morgan fingerprint density at radius 1 is 1.03 bits per heavy atom. The number of sulfone groups is 1. The Morgan fingerprint density at radius 3 is 2.45 bits per heavy atom. The van der Waals surface area contributed by atoms with Gasteiger partial charge in [-0.15, -0.1) is 0 Å². The van der Waals surface area contributed by atoms with Crippen molar-refractivity contribution in [2.75, 3.05) is 18.1 Å². The summed E-state index contributed by atoms with van der Waals surface area (Å²) in [5, 5.41) is 13.1. The number of hydrogen-bond acceptors (Lipinski definition) is 6. The number of aromatic amines is 1. The number of Topliss-reactive ketones (excluding diaryl/α,β-unsaturated/α-hetero) is 2. The highest BCUT2D eigenvalue weighted by Crippen LogP contribution is 2.28. The van der Waals surface area contributed by atoms with Crippen molar-refractivity contribution in [3.8, 4) is 6.07 Å². The summed E-state index contributed by atoms with van der Waals surface area (Å²) >= 11 is 0. The van der Waals surface area contributed by atoms with Crippen LogP contribution in [0.25, 0.3) is 10.9 Å². The Labute approximate surface area is 221 Å². The maximum absolute atomic E-state index is 13.8. The number of benzene rings is 3. The number of carbonyl (C=O) groups is 2. The van der Waals surface area contributed by atoms with Gasteiger partial charge >= 0.3 is 0 Å². The summed E-state index contributed by atoms with van der Waals surface area (Å²) in [5.41, 5.74) is 4.25. The molecule has 0 radical (unpaired) electrons. The van der Waals surface area contributed by atoms with Gasteiger partial charge in [-0.2, -0.15) is 5.26 Å². The van der Waals surface area contributed by atoms with Gasteiger partial charge in [0.2, 0.25) is 0 Å². The van der Waals surface area contributed by atoms with Crippen molar-refractivity contribution < 1.29 is 18.0 Å². The molecule has 1 atom stereocenters. The van der Waals surface area contributed by atoms with Crippen molar-refractivity contribution in [2.24, 2.45) is 5.92 Å². The highest BCUT2D eigenvalue weighted by Gasteiger charge is 2.34. The molecule has 1 aliphatic rings. The fraction of sp³-hybridized carbons (Fsp3) is 0.233. The van der Waals surface area contributed by atoms with Gasteiger partial charge in [0.1, 0.15) is 0 Å². The zero-order chi connectivity index (χ0) is 26.7. The van der Waals surface area contributed by atoms with Crippen LogP contribution < -0.4 is 5.32 Å². The van der Waals surface area contributed by atoms with E-state index in [-0.39, 0.29) is 35.4 Å². The van der Waals surface area contributed by atoms with Gasteiger partial charge in [-0.05, 0) is 41.7 Å². The second kappa shape index (κ2) is 10.7. The molecular weight excluding hydrogens is 498 g/mol. The van der Waals surface area contributed by atoms with E-state index in [1.165, 1.54) is 0 Å². The van der Waals surface area contributed by atoms with Crippen LogP contribution in [-0.4, -0.2) is 43.0 Å². The Morgan fingerprint density at radius 2 is 1.76 bits per heavy atom. The third kappa shape index (κ3) is 5.59. The molecule has 4 aromatic rings. The van der Waals surface area contributed by atoms with Gasteiger partial charge in [0.15, 0.2) is 21.4 Å². The molecule has 1 fully saturated rings. The van der Waals surface area contributed by atoms with Crippen LogP contribution in [0.4, 0.5) is 0 Å². The quantitative estimate of drug-likeness (QED) is 0.296. The van der Waals surface area contributed by atoms with E-state index in [4.69, 9.17) is 5.26 Å². The van der Waals surface area contributed by atoms with Gasteiger partial charge in [0, 0.05) is 41.2 Å². The van der Waals surface area contributed by atoms with Crippen LogP contribution in [-0.2, 0) is 16.3 Å². The Balaban J connectivity index is 1.33. The number of rotatable bonds is 10. The fourth-order valence-electron chi connectivity index (χ4n) is 4.94. The molecule has 8 heteroatoms. The highest BCUT2D eigenvalue weighted by atomic mass is 32.2. The van der Waals surface area contributed by atoms with Crippen molar-refractivity contribution in [1.82, 2.24) is 10.3 Å². The average Bonchev–Trinajstić information content (AvgIpc) is 3.34. The largest absolute Gasteiger partial charge is 0.360 e. The first-order valence-electron chi connectivity index (χ1n) is 12.5. The lowest BCUT2D eigenvalue weighted by molar-refractivity contribution is 0.0942. The molecule has 38 heavy (non-hydrogen) atoms. The maximum Gasteiger partial charge on any atom is 0.186 e. The molecule has 3 aromatic carbocycles. The lowest BCUT2D eigenvalue weighted by atomic mass is 9.95. The molecule has 0 aliphatic carbocycles. The number of hydrogen-bond donors (Lipinski definition) is 2. The summed E-state index contributed by atoms with van der Waals surface area (Å²) in [5.74, 6) is -0.157. The number of H-pyrrole nitrogens is 1. The third-order valence-electron chi connectivity index (χ3n) is 6.96. The van der Waals surface area contributed by atoms with Gasteiger partial charge in [0.05, 0.1) is 29.2 Å². The molecule has 1 saturated heterocycles. The number of carbonyl (C=O) groups excluding carboxylic acids is 2. The Kier molecular flexibility index (Phi) is 7.23. The average molecular weight is 526 g/mol. The number of nitrogens with one attached hydrogen (secondary N) is 2. The SMILES string of the molecule is N#Cc1ccc(CCNC(C(=O)c2c[nH]c3cc(C(=O)CC4CS(=O)(=O)C4)ccc23)c2ccccc2)cc1. The van der Waals surface area contributed by atoms with Crippen molar-refractivity contribution in [3.05, 3.63) is 107 Å². The first-order valence-corrected chi connectivity index (χ1v) is 14.3. The first-order chi connectivity index (χ1) is 18.3. The smallest absolute Gasteiger partial charge is 0.186 e. The second-order valence-corrected chi connectivity index (χ2v) is 11.9. The van der Waals surface area contributed by atoms with E-state index < -0.39 is 15.9 Å². The van der Waals surface area contributed by atoms with Gasteiger partial charge in [-0.3, -0.25) is 9.59 Å². The minimum atomic E-state index is -2.97. The molecule has 0 amide bonds. The van der Waals surface area contributed by atoms with Crippen LogP contribution in [0.15, 0.2) is 79.0 Å². The molecule has 7 nitrogen and oxygen atoms in total. The van der Waals surface area contributed by atoms with Gasteiger partial charge < -0.3 is 10.3 Å². The lowest BCUT2D eigenvalue weighted by Crippen LogP contribution is -2.37. The van der Waals surface area contributed by atoms with Crippen LogP contribution in [0.2, 0.25) is 0 Å². The number of ketones is 2. The zero-order valence-electron chi connectivity index (χ0n) is 20.7. The first kappa shape index (κ1) is 25.6. The summed E-state index contributed by atoms with van der Waals surface area (Å²) in [6, 6.07) is 23.7. The topological polar surface area (TPSA) is 120 Å². The molecule has 5 rings (SSSR count). The van der Waals surface area contributed by atoms with Crippen molar-refractivity contribution in [3.63, 3.8) is 0 Å². The predicted octanol–water partition coefficient (Wildman–Crippen LogP) is 4.41. The molecular formula is C30H27N3O4S. The summed E-state index contributed by atoms with van der Waals surface area (Å²) in [6.45, 7) is 0.565. The van der Waals surface area contributed by atoms with Crippen LogP contribution in [0.5, 0.6) is 0 Å². The lowest BCUT2D eigenvalue weighted by Gasteiger charge is -2.24. The normalized spacial score (nSPS) is 15.4. The molecule has 2 heterocycles. The minimum Gasteiger partial charge on any atom is -0.360 e. The molecule has 1 unspecified atom stereocenters. The highest BCUT2D eigenvalue weighted by molar-refractivity contribution is 7.92. The van der Waals surface area contributed by atoms with Crippen LogP contribution in [0.1, 0.15) is 49.9 Å². The van der Waals surface area contributed by atoms with E-state index in [9.17, 15) is 18.0 Å². The number of nitrogens with zero attached hydrogens (tertiary/aromatic N) is 1. The second-order valence-electron chi connectivity index (χ2n) is 9.75. The summed E-state index contributed by atoms with van der Waals surface area (Å²) in [6.07, 6.45) is 2.58. The monoisotopic (exact) mass is 525 g/mol. The van der Waals surface area contributed by atoms with E-state index in [1.54, 1.807) is 36.5 Å². The van der Waals surface area contributed by atoms with Gasteiger partial charge in [-0.25, -0.2) is 8.42 Å². The van der Waals surface area contributed by atoms with Crippen molar-refractivity contribution >= 4 is 32.3 Å². The molecule has 0 spiro atoms. The fourth-order valence-corrected chi connectivity index (χ4v) is 6.52. The number of fused-ring (bicyclic) bond motifs is 1. The predicted molar refractivity (Wildman–Crippen MR) is 146 cm³/mol. The summed E-state index contributed by atoms with van der Waals surface area (Å²) in [7, 11) is -2.97. The maximum atomic E-state index is 13.8. The number of nitriles is 1. The summed E-state index contributed by atoms with van der Waals surface area (Å²) in [4.78, 5) is 29.6. The summed E-state index contributed by atoms with van der Waals surface area (Å²) < 4.78 is 22.8. The molecule has 1 aliphatic heterocycles. The zero-order valence-corrected chi connectivity index (χ0v) is 21.5. The van der Waals surface area contributed by atoms with Gasteiger partial charge in [0.25, 0.3) is 0 Å². The van der Waals surface area contributed by atoms with Crippen LogP contribution in [0, 0.1) is 17.2 Å². The molecule has 2 N–H and O–H groups in total. The Bertz CT molecular complexity index is 1620. The molecule has 0 saturated carbocycles. The molecule has 0 bridgehead atoms. The molecule has 1 aromatic heterocycles. The van der Waals surface area contributed by atoms with Crippen LogP contribution in [0.3, 0.4) is 0 Å². The standard InChI is InChI=1S/C30H27N3O4S/c31-16-21-8-6-20(7-9-21)12-13-32-29(23-4-2-1-3-5-23)30(35)26-17-33-27-15-24(10-11-25(26)27)28(34)14-22-18-38(36,37)19-22/h1-11,15,17,22,29,32-33H,12-14,18-19H2. The van der Waals surface area contributed by atoms with E-state index in [0.717, 1.165) is 16.5 Å². The third-order valence-corrected chi connectivity index (χ3v) is 8.92. The van der Waals surface area contributed by atoms with E-state index in [0.29, 0.717) is 35.2 Å². The van der Waals surface area contributed by atoms with Crippen LogP contribution >= 0.6 is 0 Å². The van der Waals surface area contributed by atoms with E-state index in [2.05, 4.69) is 16.4 Å². The number of aromatic nitrogens is 1. The van der Waals surface area contributed by atoms with Gasteiger partial charge in [-0.1, -0.05) is 54.6 Å². The van der Waals surface area contributed by atoms with E-state index >= 15 is 0 Å². The molecule has 192 valence electrons. The van der Waals surface area contributed by atoms with Crippen molar-refractivity contribution in [2.45, 2.75) is 18.9 Å². The minimum absolute atomic E-state index is 0.0706. The van der Waals surface area contributed by atoms with Crippen molar-refractivity contribution in [1.29, 1.82) is 5.26 Å². The Hall–Kier alpha value is -4.06. The van der Waals surface area contributed by atoms with E-state index in [1.807, 2.05) is 42.5 Å².